The number of nitriles is 1. The van der Waals surface area contributed by atoms with Crippen LogP contribution in [0, 0.1) is 34.9 Å². The summed E-state index contributed by atoms with van der Waals surface area (Å²) >= 11 is 0. The molecule has 0 amide bonds. The average molecular weight is 413 g/mol. The Morgan fingerprint density at radius 2 is 1.70 bits per heavy atom. The summed E-state index contributed by atoms with van der Waals surface area (Å²) in [5.41, 5.74) is -0.0679. The molecule has 0 unspecified atom stereocenters. The van der Waals surface area contributed by atoms with Gasteiger partial charge in [-0.05, 0) is 82.3 Å². The fourth-order valence-corrected chi connectivity index (χ4v) is 4.69. The summed E-state index contributed by atoms with van der Waals surface area (Å²) in [6, 6.07) is 5.61. The second kappa shape index (κ2) is 10.4. The zero-order chi connectivity index (χ0) is 21.5. The third-order valence-corrected chi connectivity index (χ3v) is 6.36. The normalized spacial score (nSPS) is 26.7. The smallest absolute Gasteiger partial charge is 0.330 e. The van der Waals surface area contributed by atoms with Gasteiger partial charge in [-0.1, -0.05) is 6.08 Å². The molecule has 0 saturated heterocycles. The van der Waals surface area contributed by atoms with Crippen molar-refractivity contribution < 1.29 is 23.5 Å². The average Bonchev–Trinajstić information content (AvgIpc) is 2.75. The van der Waals surface area contributed by atoms with E-state index in [1.54, 1.807) is 19.1 Å². The highest BCUT2D eigenvalue weighted by Gasteiger charge is 2.34. The summed E-state index contributed by atoms with van der Waals surface area (Å²) < 4.78 is 24.5. The van der Waals surface area contributed by atoms with Crippen molar-refractivity contribution in [1.29, 1.82) is 5.26 Å². The van der Waals surface area contributed by atoms with Gasteiger partial charge in [-0.2, -0.15) is 5.26 Å². The summed E-state index contributed by atoms with van der Waals surface area (Å²) in [5.74, 6) is -0.0832. The van der Waals surface area contributed by atoms with Crippen LogP contribution in [0.5, 0.6) is 5.75 Å². The van der Waals surface area contributed by atoms with E-state index in [2.05, 4.69) is 0 Å². The molecular formula is C24H28FNO4. The molecule has 5 nitrogen and oxygen atoms in total. The van der Waals surface area contributed by atoms with Crippen LogP contribution < -0.4 is 4.74 Å². The molecular weight excluding hydrogens is 385 g/mol. The molecule has 2 saturated carbocycles. The number of carbonyl (C=O) groups is 2. The maximum atomic E-state index is 13.7. The summed E-state index contributed by atoms with van der Waals surface area (Å²) in [7, 11) is 0. The zero-order valence-corrected chi connectivity index (χ0v) is 17.3. The molecule has 0 aliphatic heterocycles. The topological polar surface area (TPSA) is 76.4 Å². The Morgan fingerprint density at radius 3 is 2.27 bits per heavy atom. The van der Waals surface area contributed by atoms with Crippen molar-refractivity contribution in [2.75, 3.05) is 0 Å². The van der Waals surface area contributed by atoms with Gasteiger partial charge in [0.05, 0.1) is 11.5 Å². The minimum atomic E-state index is -0.682. The summed E-state index contributed by atoms with van der Waals surface area (Å²) in [5, 5.41) is 8.78. The first-order chi connectivity index (χ1) is 14.5. The number of hydrogen-bond donors (Lipinski definition) is 0. The molecule has 0 N–H and O–H groups in total. The lowest BCUT2D eigenvalue weighted by Crippen LogP contribution is -2.31. The largest absolute Gasteiger partial charge is 0.459 e. The van der Waals surface area contributed by atoms with Crippen LogP contribution in [-0.2, 0) is 14.3 Å². The van der Waals surface area contributed by atoms with Crippen molar-refractivity contribution in [3.05, 3.63) is 41.7 Å². The third kappa shape index (κ3) is 5.69. The van der Waals surface area contributed by atoms with E-state index in [0.717, 1.165) is 57.4 Å². The number of esters is 2. The standard InChI is InChI=1S/C24H28FNO4/c1-2-3-23(27)29-20-11-8-17(9-12-20)16-4-6-18(7-5-16)24(28)30-21-13-10-19(15-26)22(25)14-21/h2-3,10,13-14,16-18,20H,4-9,11-12H2,1H3. The van der Waals surface area contributed by atoms with Crippen molar-refractivity contribution in [2.45, 2.75) is 64.4 Å². The van der Waals surface area contributed by atoms with Gasteiger partial charge >= 0.3 is 11.9 Å². The Hall–Kier alpha value is -2.68. The molecule has 2 aliphatic carbocycles. The van der Waals surface area contributed by atoms with Crippen LogP contribution in [0.1, 0.15) is 63.9 Å². The number of hydrogen-bond acceptors (Lipinski definition) is 5. The lowest BCUT2D eigenvalue weighted by atomic mass is 9.70. The number of ether oxygens (including phenoxy) is 2. The van der Waals surface area contributed by atoms with E-state index in [0.29, 0.717) is 11.8 Å². The maximum absolute atomic E-state index is 13.7. The Balaban J connectivity index is 1.43. The lowest BCUT2D eigenvalue weighted by molar-refractivity contribution is -0.145. The van der Waals surface area contributed by atoms with Crippen molar-refractivity contribution in [2.24, 2.45) is 17.8 Å². The number of allylic oxidation sites excluding steroid dienone is 1. The van der Waals surface area contributed by atoms with Crippen molar-refractivity contribution in [3.8, 4) is 11.8 Å². The molecule has 3 rings (SSSR count). The highest BCUT2D eigenvalue weighted by atomic mass is 19.1. The summed E-state index contributed by atoms with van der Waals surface area (Å²) in [4.78, 5) is 24.0. The number of benzene rings is 1. The highest BCUT2D eigenvalue weighted by Crippen LogP contribution is 2.41. The number of nitrogens with zero attached hydrogens (tertiary/aromatic N) is 1. The van der Waals surface area contributed by atoms with E-state index in [-0.39, 0.29) is 35.3 Å². The molecule has 2 aliphatic rings. The molecule has 0 bridgehead atoms. The molecule has 0 spiro atoms. The SMILES string of the molecule is CC=CC(=O)OC1CCC(C2CCC(C(=O)Oc3ccc(C#N)c(F)c3)CC2)CC1. The molecule has 160 valence electrons. The van der Waals surface area contributed by atoms with Gasteiger partial charge in [0.25, 0.3) is 0 Å². The van der Waals surface area contributed by atoms with Gasteiger partial charge in [0, 0.05) is 12.1 Å². The molecule has 0 heterocycles. The minimum absolute atomic E-state index is 0.0177. The van der Waals surface area contributed by atoms with Crippen LogP contribution in [0.15, 0.2) is 30.4 Å². The van der Waals surface area contributed by atoms with Crippen LogP contribution in [-0.4, -0.2) is 18.0 Å². The summed E-state index contributed by atoms with van der Waals surface area (Å²) in [6.45, 7) is 1.80. The van der Waals surface area contributed by atoms with Gasteiger partial charge in [0.2, 0.25) is 0 Å². The van der Waals surface area contributed by atoms with E-state index in [1.807, 2.05) is 0 Å². The fraction of sp³-hybridized carbons (Fsp3) is 0.542. The maximum Gasteiger partial charge on any atom is 0.330 e. The monoisotopic (exact) mass is 413 g/mol. The quantitative estimate of drug-likeness (QED) is 0.382. The Morgan fingerprint density at radius 1 is 1.07 bits per heavy atom. The van der Waals surface area contributed by atoms with Crippen molar-refractivity contribution >= 4 is 11.9 Å². The Labute approximate surface area is 176 Å². The van der Waals surface area contributed by atoms with Gasteiger partial charge in [-0.3, -0.25) is 4.79 Å². The van der Waals surface area contributed by atoms with Crippen LogP contribution >= 0.6 is 0 Å². The molecule has 6 heteroatoms. The third-order valence-electron chi connectivity index (χ3n) is 6.36. The molecule has 0 atom stereocenters. The van der Waals surface area contributed by atoms with Gasteiger partial charge in [-0.15, -0.1) is 0 Å². The van der Waals surface area contributed by atoms with Gasteiger partial charge in [0.15, 0.2) is 0 Å². The van der Waals surface area contributed by atoms with Crippen molar-refractivity contribution in [1.82, 2.24) is 0 Å². The van der Waals surface area contributed by atoms with Crippen LogP contribution in [0.4, 0.5) is 4.39 Å². The first kappa shape index (κ1) is 22.0. The van der Waals surface area contributed by atoms with Crippen molar-refractivity contribution in [3.63, 3.8) is 0 Å². The van der Waals surface area contributed by atoms with E-state index in [1.165, 1.54) is 18.2 Å². The second-order valence-corrected chi connectivity index (χ2v) is 8.26. The number of halogens is 1. The van der Waals surface area contributed by atoms with E-state index < -0.39 is 5.82 Å². The predicted molar refractivity (Wildman–Crippen MR) is 109 cm³/mol. The number of carbonyl (C=O) groups excluding carboxylic acids is 2. The first-order valence-corrected chi connectivity index (χ1v) is 10.7. The fourth-order valence-electron chi connectivity index (χ4n) is 4.69. The lowest BCUT2D eigenvalue weighted by Gasteiger charge is -2.37. The van der Waals surface area contributed by atoms with E-state index in [4.69, 9.17) is 14.7 Å². The highest BCUT2D eigenvalue weighted by molar-refractivity contribution is 5.81. The molecule has 2 fully saturated rings. The summed E-state index contributed by atoms with van der Waals surface area (Å²) in [6.07, 6.45) is 10.6. The second-order valence-electron chi connectivity index (χ2n) is 8.26. The van der Waals surface area contributed by atoms with E-state index in [9.17, 15) is 14.0 Å². The molecule has 1 aromatic rings. The van der Waals surface area contributed by atoms with Crippen LogP contribution in [0.2, 0.25) is 0 Å². The Bertz CT molecular complexity index is 828. The van der Waals surface area contributed by atoms with Gasteiger partial charge in [-0.25, -0.2) is 9.18 Å². The predicted octanol–water partition coefficient (Wildman–Crippen LogP) is 5.09. The van der Waals surface area contributed by atoms with E-state index >= 15 is 0 Å². The first-order valence-electron chi connectivity index (χ1n) is 10.7. The minimum Gasteiger partial charge on any atom is -0.459 e. The van der Waals surface area contributed by atoms with Crippen LogP contribution in [0.25, 0.3) is 0 Å². The molecule has 1 aromatic carbocycles. The number of rotatable bonds is 5. The van der Waals surface area contributed by atoms with Crippen LogP contribution in [0.3, 0.4) is 0 Å². The van der Waals surface area contributed by atoms with Gasteiger partial charge < -0.3 is 9.47 Å². The molecule has 0 radical (unpaired) electrons. The zero-order valence-electron chi connectivity index (χ0n) is 17.3. The molecule has 30 heavy (non-hydrogen) atoms. The molecule has 0 aromatic heterocycles. The Kier molecular flexibility index (Phi) is 7.62. The van der Waals surface area contributed by atoms with Gasteiger partial charge in [0.1, 0.15) is 23.7 Å².